The summed E-state index contributed by atoms with van der Waals surface area (Å²) in [5.74, 6) is 0.630. The van der Waals surface area contributed by atoms with Gasteiger partial charge in [0.1, 0.15) is 11.5 Å². The largest absolute Gasteiger partial charge is 0.347 e. The van der Waals surface area contributed by atoms with Gasteiger partial charge in [-0.2, -0.15) is 0 Å². The molecule has 112 valence electrons. The van der Waals surface area contributed by atoms with Crippen LogP contribution in [0.25, 0.3) is 0 Å². The highest BCUT2D eigenvalue weighted by Crippen LogP contribution is 2.36. The van der Waals surface area contributed by atoms with Gasteiger partial charge in [0, 0.05) is 18.3 Å². The molecular weight excluding hydrogens is 274 g/mol. The lowest BCUT2D eigenvalue weighted by Crippen LogP contribution is -2.27. The minimum Gasteiger partial charge on any atom is -0.347 e. The summed E-state index contributed by atoms with van der Waals surface area (Å²) >= 11 is 0. The van der Waals surface area contributed by atoms with Crippen molar-refractivity contribution in [1.29, 1.82) is 0 Å². The number of pyridine rings is 1. The topological polar surface area (TPSA) is 45.2 Å². The van der Waals surface area contributed by atoms with Gasteiger partial charge in [0.2, 0.25) is 0 Å². The molecule has 0 aliphatic carbocycles. The van der Waals surface area contributed by atoms with E-state index in [9.17, 15) is 4.79 Å². The number of aromatic nitrogens is 1. The van der Waals surface area contributed by atoms with Gasteiger partial charge in [0.15, 0.2) is 0 Å². The molecule has 3 rings (SSSR count). The molecule has 1 N–H and O–H groups in total. The number of carbonyl (C=O) groups is 1. The van der Waals surface area contributed by atoms with Crippen LogP contribution in [0.2, 0.25) is 0 Å². The number of fused-ring (bicyclic) bond motifs is 1. The van der Waals surface area contributed by atoms with Gasteiger partial charge in [-0.1, -0.05) is 30.3 Å². The molecule has 2 aromatic rings. The fourth-order valence-electron chi connectivity index (χ4n) is 2.85. The molecule has 0 radical (unpaired) electrons. The molecule has 1 amide bonds. The number of carbonyl (C=O) groups excluding carboxylic acids is 1. The fraction of sp³-hybridized carbons (Fsp3) is 0.222. The first-order valence-corrected chi connectivity index (χ1v) is 7.44. The van der Waals surface area contributed by atoms with Crippen molar-refractivity contribution in [1.82, 2.24) is 10.3 Å². The second-order valence-electron chi connectivity index (χ2n) is 5.43. The number of rotatable bonds is 4. The number of nitrogens with one attached hydrogen (secondary N) is 1. The van der Waals surface area contributed by atoms with Crippen molar-refractivity contribution in [2.45, 2.75) is 19.4 Å². The molecule has 2 heterocycles. The molecule has 4 heteroatoms. The molecule has 1 unspecified atom stereocenters. The minimum absolute atomic E-state index is 0.179. The van der Waals surface area contributed by atoms with Crippen molar-refractivity contribution < 1.29 is 4.79 Å². The first-order chi connectivity index (χ1) is 10.7. The Morgan fingerprint density at radius 1 is 1.36 bits per heavy atom. The lowest BCUT2D eigenvalue weighted by molar-refractivity contribution is 0.0953. The Hall–Kier alpha value is -2.62. The number of amides is 1. The molecule has 0 bridgehead atoms. The number of anilines is 2. The van der Waals surface area contributed by atoms with E-state index in [1.54, 1.807) is 12.1 Å². The van der Waals surface area contributed by atoms with Crippen LogP contribution in [0.3, 0.4) is 0 Å². The van der Waals surface area contributed by atoms with Crippen LogP contribution >= 0.6 is 0 Å². The van der Waals surface area contributed by atoms with Crippen molar-refractivity contribution in [3.63, 3.8) is 0 Å². The smallest absolute Gasteiger partial charge is 0.270 e. The zero-order chi connectivity index (χ0) is 15.5. The highest BCUT2D eigenvalue weighted by Gasteiger charge is 2.27. The van der Waals surface area contributed by atoms with Gasteiger partial charge in [-0.3, -0.25) is 4.79 Å². The number of benzene rings is 1. The lowest BCUT2D eigenvalue weighted by atomic mass is 10.1. The van der Waals surface area contributed by atoms with Crippen LogP contribution in [0.1, 0.15) is 23.0 Å². The number of hydrogen-bond donors (Lipinski definition) is 1. The van der Waals surface area contributed by atoms with Crippen molar-refractivity contribution in [2.75, 3.05) is 11.4 Å². The summed E-state index contributed by atoms with van der Waals surface area (Å²) in [6.45, 7) is 6.21. The minimum atomic E-state index is -0.179. The summed E-state index contributed by atoms with van der Waals surface area (Å²) in [5.41, 5.74) is 2.92. The molecule has 1 aromatic carbocycles. The number of para-hydroxylation sites is 1. The van der Waals surface area contributed by atoms with Crippen LogP contribution in [0.4, 0.5) is 11.5 Å². The molecule has 22 heavy (non-hydrogen) atoms. The Bertz CT molecular complexity index is 711. The van der Waals surface area contributed by atoms with Gasteiger partial charge < -0.3 is 10.2 Å². The van der Waals surface area contributed by atoms with E-state index in [2.05, 4.69) is 46.9 Å². The van der Waals surface area contributed by atoms with E-state index >= 15 is 0 Å². The summed E-state index contributed by atoms with van der Waals surface area (Å²) in [7, 11) is 0. The van der Waals surface area contributed by atoms with Crippen molar-refractivity contribution in [3.8, 4) is 0 Å². The maximum absolute atomic E-state index is 12.1. The van der Waals surface area contributed by atoms with E-state index in [4.69, 9.17) is 0 Å². The molecular formula is C18H19N3O. The second kappa shape index (κ2) is 6.02. The zero-order valence-corrected chi connectivity index (χ0v) is 12.6. The van der Waals surface area contributed by atoms with Gasteiger partial charge in [-0.05, 0) is 37.1 Å². The van der Waals surface area contributed by atoms with Crippen LogP contribution in [0, 0.1) is 0 Å². The fourth-order valence-corrected chi connectivity index (χ4v) is 2.85. The van der Waals surface area contributed by atoms with E-state index in [0.717, 1.165) is 12.2 Å². The van der Waals surface area contributed by atoms with Gasteiger partial charge in [0.25, 0.3) is 5.91 Å². The maximum atomic E-state index is 12.1. The van der Waals surface area contributed by atoms with Crippen LogP contribution in [0.5, 0.6) is 0 Å². The first-order valence-electron chi connectivity index (χ1n) is 7.44. The molecule has 1 atom stereocenters. The Balaban J connectivity index is 1.92. The summed E-state index contributed by atoms with van der Waals surface area (Å²) in [4.78, 5) is 18.8. The molecule has 1 aliphatic heterocycles. The van der Waals surface area contributed by atoms with E-state index in [-0.39, 0.29) is 5.91 Å². The molecule has 4 nitrogen and oxygen atoms in total. The van der Waals surface area contributed by atoms with E-state index < -0.39 is 0 Å². The van der Waals surface area contributed by atoms with Crippen molar-refractivity contribution in [2.24, 2.45) is 0 Å². The van der Waals surface area contributed by atoms with Gasteiger partial charge in [0.05, 0.1) is 0 Å². The highest BCUT2D eigenvalue weighted by atomic mass is 16.1. The average molecular weight is 293 g/mol. The lowest BCUT2D eigenvalue weighted by Gasteiger charge is -2.24. The Morgan fingerprint density at radius 3 is 3.00 bits per heavy atom. The van der Waals surface area contributed by atoms with Crippen LogP contribution in [0.15, 0.2) is 55.1 Å². The van der Waals surface area contributed by atoms with Crippen LogP contribution in [-0.2, 0) is 6.42 Å². The Kier molecular flexibility index (Phi) is 3.92. The second-order valence-corrected chi connectivity index (χ2v) is 5.43. The predicted molar refractivity (Wildman–Crippen MR) is 88.5 cm³/mol. The molecule has 0 fully saturated rings. The first kappa shape index (κ1) is 14.3. The van der Waals surface area contributed by atoms with Crippen molar-refractivity contribution in [3.05, 3.63) is 66.4 Å². The quantitative estimate of drug-likeness (QED) is 0.881. The third kappa shape index (κ3) is 2.60. The van der Waals surface area contributed by atoms with Gasteiger partial charge >= 0.3 is 0 Å². The van der Waals surface area contributed by atoms with Crippen LogP contribution in [-0.4, -0.2) is 23.5 Å². The SMILES string of the molecule is C=CCNC(=O)c1cccc(N2c3ccccc3CC2C)n1. The molecule has 1 aliphatic rings. The van der Waals surface area contributed by atoms with E-state index in [0.29, 0.717) is 18.3 Å². The average Bonchev–Trinajstić information content (AvgIpc) is 2.88. The number of nitrogens with zero attached hydrogens (tertiary/aromatic N) is 2. The van der Waals surface area contributed by atoms with Gasteiger partial charge in [-0.25, -0.2) is 4.98 Å². The third-order valence-electron chi connectivity index (χ3n) is 3.83. The summed E-state index contributed by atoms with van der Waals surface area (Å²) in [5, 5.41) is 2.76. The van der Waals surface area contributed by atoms with E-state index in [1.165, 1.54) is 11.3 Å². The highest BCUT2D eigenvalue weighted by molar-refractivity contribution is 5.92. The number of hydrogen-bond acceptors (Lipinski definition) is 3. The molecule has 0 saturated carbocycles. The Labute approximate surface area is 130 Å². The molecule has 0 spiro atoms. The van der Waals surface area contributed by atoms with E-state index in [1.807, 2.05) is 18.2 Å². The van der Waals surface area contributed by atoms with Crippen molar-refractivity contribution >= 4 is 17.4 Å². The Morgan fingerprint density at radius 2 is 2.18 bits per heavy atom. The van der Waals surface area contributed by atoms with Crippen LogP contribution < -0.4 is 10.2 Å². The zero-order valence-electron chi connectivity index (χ0n) is 12.6. The third-order valence-corrected chi connectivity index (χ3v) is 3.83. The summed E-state index contributed by atoms with van der Waals surface area (Å²) < 4.78 is 0. The maximum Gasteiger partial charge on any atom is 0.270 e. The monoisotopic (exact) mass is 293 g/mol. The normalized spacial score (nSPS) is 16.2. The molecule has 1 aromatic heterocycles. The summed E-state index contributed by atoms with van der Waals surface area (Å²) in [6.07, 6.45) is 2.64. The molecule has 0 saturated heterocycles. The summed E-state index contributed by atoms with van der Waals surface area (Å²) in [6, 6.07) is 14.2. The predicted octanol–water partition coefficient (Wildman–Crippen LogP) is 3.08. The standard InChI is InChI=1S/C18H19N3O/c1-3-11-19-18(22)15-8-6-10-17(20-15)21-13(2)12-14-7-4-5-9-16(14)21/h3-10,13H,1,11-12H2,2H3,(H,19,22). The van der Waals surface area contributed by atoms with Gasteiger partial charge in [-0.15, -0.1) is 6.58 Å².